The Balaban J connectivity index is 2.68. The van der Waals surface area contributed by atoms with E-state index in [1.165, 1.54) is 0 Å². The normalized spacial score (nSPS) is 17.8. The smallest absolute Gasteiger partial charge is 0.276 e. The lowest BCUT2D eigenvalue weighted by Crippen LogP contribution is -2.25. The highest BCUT2D eigenvalue weighted by Gasteiger charge is 2.30. The van der Waals surface area contributed by atoms with Crippen LogP contribution < -0.4 is 4.90 Å². The Kier molecular flexibility index (Phi) is 2.04. The summed E-state index contributed by atoms with van der Waals surface area (Å²) in [6.45, 7) is 0. The highest BCUT2D eigenvalue weighted by atomic mass is 35.5. The first-order valence-electron chi connectivity index (χ1n) is 4.20. The minimum absolute atomic E-state index is 0.0789. The number of fused-ring (bicyclic) bond motifs is 1. The van der Waals surface area contributed by atoms with Crippen molar-refractivity contribution in [1.82, 2.24) is 0 Å². The number of amides is 1. The van der Waals surface area contributed by atoms with Crippen LogP contribution in [0.5, 0.6) is 0 Å². The number of benzene rings is 1. The Bertz CT molecular complexity index is 440. The second-order valence-electron chi connectivity index (χ2n) is 3.10. The predicted octanol–water partition coefficient (Wildman–Crippen LogP) is 1.74. The van der Waals surface area contributed by atoms with Crippen LogP contribution in [0.4, 0.5) is 5.69 Å². The van der Waals surface area contributed by atoms with Crippen molar-refractivity contribution in [3.8, 4) is 0 Å². The molecule has 1 aromatic carbocycles. The predicted molar refractivity (Wildman–Crippen MR) is 57.3 cm³/mol. The van der Waals surface area contributed by atoms with Gasteiger partial charge in [-0.15, -0.1) is 0 Å². The van der Waals surface area contributed by atoms with E-state index in [0.717, 1.165) is 11.3 Å². The quantitative estimate of drug-likeness (QED) is 0.639. The van der Waals surface area contributed by atoms with Crippen molar-refractivity contribution in [2.24, 2.45) is 4.99 Å². The molecule has 1 amide bonds. The third-order valence-electron chi connectivity index (χ3n) is 2.31. The minimum atomic E-state index is -0.0789. The molecular weight excluding hydrogens is 200 g/mol. The molecule has 0 spiro atoms. The van der Waals surface area contributed by atoms with Gasteiger partial charge in [-0.25, -0.2) is 0 Å². The molecule has 3 nitrogen and oxygen atoms in total. The fourth-order valence-corrected chi connectivity index (χ4v) is 1.76. The summed E-state index contributed by atoms with van der Waals surface area (Å²) in [6, 6.07) is 5.36. The maximum absolute atomic E-state index is 11.7. The largest absolute Gasteiger partial charge is 0.309 e. The molecule has 0 saturated carbocycles. The molecule has 0 saturated heterocycles. The van der Waals surface area contributed by atoms with E-state index in [1.54, 1.807) is 31.1 Å². The first-order valence-corrected chi connectivity index (χ1v) is 4.57. The fourth-order valence-electron chi connectivity index (χ4n) is 1.59. The molecule has 1 aliphatic rings. The van der Waals surface area contributed by atoms with E-state index >= 15 is 0 Å². The van der Waals surface area contributed by atoms with Gasteiger partial charge in [-0.1, -0.05) is 11.6 Å². The van der Waals surface area contributed by atoms with E-state index < -0.39 is 0 Å². The molecule has 0 fully saturated rings. The zero-order valence-corrected chi connectivity index (χ0v) is 8.67. The van der Waals surface area contributed by atoms with Crippen LogP contribution in [0.25, 0.3) is 0 Å². The van der Waals surface area contributed by atoms with Crippen LogP contribution in [-0.4, -0.2) is 25.7 Å². The highest BCUT2D eigenvalue weighted by Crippen LogP contribution is 2.30. The van der Waals surface area contributed by atoms with Gasteiger partial charge in [0.2, 0.25) is 0 Å². The lowest BCUT2D eigenvalue weighted by Gasteiger charge is -2.07. The molecule has 0 radical (unpaired) electrons. The number of hydrogen-bond acceptors (Lipinski definition) is 2. The van der Waals surface area contributed by atoms with Gasteiger partial charge in [-0.3, -0.25) is 9.79 Å². The topological polar surface area (TPSA) is 32.7 Å². The van der Waals surface area contributed by atoms with E-state index in [-0.39, 0.29) is 5.91 Å². The minimum Gasteiger partial charge on any atom is -0.309 e. The summed E-state index contributed by atoms with van der Waals surface area (Å²) in [7, 11) is 3.34. The molecule has 1 aliphatic heterocycles. The van der Waals surface area contributed by atoms with E-state index in [1.807, 2.05) is 6.07 Å². The maximum atomic E-state index is 11.7. The molecule has 14 heavy (non-hydrogen) atoms. The Labute approximate surface area is 87.0 Å². The lowest BCUT2D eigenvalue weighted by atomic mass is 10.1. The standard InChI is InChI=1S/C10H9ClN2O/c1-12-9-7-5-6(11)3-4-8(7)13(2)10(9)14/h3-5H,1-2H3. The molecule has 0 unspecified atom stereocenters. The molecule has 0 aliphatic carbocycles. The number of rotatable bonds is 0. The van der Waals surface area contributed by atoms with Crippen molar-refractivity contribution < 1.29 is 4.79 Å². The first-order chi connectivity index (χ1) is 6.65. The zero-order chi connectivity index (χ0) is 10.3. The highest BCUT2D eigenvalue weighted by molar-refractivity contribution is 6.54. The number of likely N-dealkylation sites (N-methyl/N-ethyl adjacent to an activating group) is 1. The van der Waals surface area contributed by atoms with Crippen LogP contribution in [0.2, 0.25) is 5.02 Å². The Hall–Kier alpha value is -1.35. The molecule has 0 bridgehead atoms. The molecule has 4 heteroatoms. The van der Waals surface area contributed by atoms with Crippen molar-refractivity contribution in [3.05, 3.63) is 28.8 Å². The van der Waals surface area contributed by atoms with Gasteiger partial charge >= 0.3 is 0 Å². The monoisotopic (exact) mass is 208 g/mol. The summed E-state index contributed by atoms with van der Waals surface area (Å²) in [6.07, 6.45) is 0. The van der Waals surface area contributed by atoms with Crippen LogP contribution in [0.15, 0.2) is 23.2 Å². The van der Waals surface area contributed by atoms with Gasteiger partial charge < -0.3 is 4.90 Å². The van der Waals surface area contributed by atoms with Gasteiger partial charge in [0, 0.05) is 24.7 Å². The summed E-state index contributed by atoms with van der Waals surface area (Å²) in [5.41, 5.74) is 2.15. The van der Waals surface area contributed by atoms with E-state index in [9.17, 15) is 4.79 Å². The molecule has 1 heterocycles. The summed E-state index contributed by atoms with van der Waals surface area (Å²) < 4.78 is 0. The summed E-state index contributed by atoms with van der Waals surface area (Å²) in [4.78, 5) is 17.2. The zero-order valence-electron chi connectivity index (χ0n) is 7.91. The molecule has 0 aromatic heterocycles. The van der Waals surface area contributed by atoms with Crippen molar-refractivity contribution in [3.63, 3.8) is 0 Å². The van der Waals surface area contributed by atoms with Crippen LogP contribution in [0.3, 0.4) is 0 Å². The van der Waals surface area contributed by atoms with Gasteiger partial charge in [-0.05, 0) is 18.2 Å². The number of carbonyl (C=O) groups is 1. The number of halogens is 1. The van der Waals surface area contributed by atoms with Gasteiger partial charge in [0.15, 0.2) is 0 Å². The van der Waals surface area contributed by atoms with E-state index in [4.69, 9.17) is 11.6 Å². The molecule has 0 atom stereocenters. The number of hydrogen-bond donors (Lipinski definition) is 0. The molecular formula is C10H9ClN2O. The van der Waals surface area contributed by atoms with Crippen LogP contribution in [0.1, 0.15) is 5.56 Å². The fraction of sp³-hybridized carbons (Fsp3) is 0.200. The number of anilines is 1. The van der Waals surface area contributed by atoms with Gasteiger partial charge in [-0.2, -0.15) is 0 Å². The third-order valence-corrected chi connectivity index (χ3v) is 2.54. The van der Waals surface area contributed by atoms with E-state index in [2.05, 4.69) is 4.99 Å². The first kappa shape index (κ1) is 9.21. The average molecular weight is 209 g/mol. The summed E-state index contributed by atoms with van der Waals surface area (Å²) in [5.74, 6) is -0.0789. The Morgan fingerprint density at radius 1 is 1.43 bits per heavy atom. The second kappa shape index (κ2) is 3.10. The molecule has 2 rings (SSSR count). The van der Waals surface area contributed by atoms with Gasteiger partial charge in [0.1, 0.15) is 5.71 Å². The lowest BCUT2D eigenvalue weighted by molar-refractivity contribution is -0.111. The molecule has 72 valence electrons. The third kappa shape index (κ3) is 1.13. The van der Waals surface area contributed by atoms with Crippen molar-refractivity contribution in [2.45, 2.75) is 0 Å². The Morgan fingerprint density at radius 2 is 2.14 bits per heavy atom. The van der Waals surface area contributed by atoms with Crippen molar-refractivity contribution >= 4 is 28.9 Å². The van der Waals surface area contributed by atoms with Gasteiger partial charge in [0.05, 0.1) is 5.69 Å². The SMILES string of the molecule is CN=C1C(=O)N(C)c2ccc(Cl)cc21. The second-order valence-corrected chi connectivity index (χ2v) is 3.53. The Morgan fingerprint density at radius 3 is 2.79 bits per heavy atom. The summed E-state index contributed by atoms with van der Waals surface area (Å²) in [5, 5.41) is 0.619. The van der Waals surface area contributed by atoms with Crippen LogP contribution in [-0.2, 0) is 4.79 Å². The van der Waals surface area contributed by atoms with Crippen LogP contribution >= 0.6 is 11.6 Å². The van der Waals surface area contributed by atoms with Crippen molar-refractivity contribution in [2.75, 3.05) is 19.0 Å². The van der Waals surface area contributed by atoms with E-state index in [0.29, 0.717) is 10.7 Å². The summed E-state index contributed by atoms with van der Waals surface area (Å²) >= 11 is 5.86. The number of aliphatic imine (C=N–C) groups is 1. The van der Waals surface area contributed by atoms with Crippen LogP contribution in [0, 0.1) is 0 Å². The average Bonchev–Trinajstić information content (AvgIpc) is 2.39. The molecule has 0 N–H and O–H groups in total. The number of carbonyl (C=O) groups excluding carboxylic acids is 1. The van der Waals surface area contributed by atoms with Gasteiger partial charge in [0.25, 0.3) is 5.91 Å². The number of nitrogens with zero attached hydrogens (tertiary/aromatic N) is 2. The van der Waals surface area contributed by atoms with Crippen molar-refractivity contribution in [1.29, 1.82) is 0 Å². The molecule has 1 aromatic rings. The maximum Gasteiger partial charge on any atom is 0.276 e.